The van der Waals surface area contributed by atoms with Crippen molar-refractivity contribution in [3.8, 4) is 0 Å². The van der Waals surface area contributed by atoms with Crippen LogP contribution in [-0.4, -0.2) is 86.6 Å². The Morgan fingerprint density at radius 2 is 2.40 bits per heavy atom. The third kappa shape index (κ3) is 2.28. The van der Waals surface area contributed by atoms with E-state index in [1.165, 1.54) is 12.7 Å². The van der Waals surface area contributed by atoms with Crippen molar-refractivity contribution in [1.29, 1.82) is 0 Å². The summed E-state index contributed by atoms with van der Waals surface area (Å²) in [6, 6.07) is 0. The number of aliphatic hydroxyl groups is 2. The number of aliphatic hydroxyl groups excluding tert-OH is 2. The maximum atomic E-state index is 12.2. The van der Waals surface area contributed by atoms with Crippen molar-refractivity contribution >= 4 is 23.5 Å². The molecule has 4 atom stereocenters. The van der Waals surface area contributed by atoms with Crippen molar-refractivity contribution in [1.82, 2.24) is 24.4 Å². The van der Waals surface area contributed by atoms with Crippen LogP contribution in [0.1, 0.15) is 0 Å². The molecule has 0 amide bonds. The molecular weight excluding hydrogens is 332 g/mol. The van der Waals surface area contributed by atoms with Crippen LogP contribution in [0.4, 0.5) is 5.95 Å². The SMILES string of the molecule is CN(C)/C=N/c1nc2c(ncn2[C@@]23CO[C@@H]2[C@H](O)[C@@H](CO)O3)c(=O)[nH]1. The highest BCUT2D eigenvalue weighted by Crippen LogP contribution is 2.45. The van der Waals surface area contributed by atoms with E-state index in [9.17, 15) is 15.0 Å². The van der Waals surface area contributed by atoms with Gasteiger partial charge in [0.15, 0.2) is 16.9 Å². The van der Waals surface area contributed by atoms with E-state index >= 15 is 0 Å². The third-order valence-corrected chi connectivity index (χ3v) is 4.35. The number of nitrogens with one attached hydrogen (secondary N) is 1. The van der Waals surface area contributed by atoms with E-state index in [1.807, 2.05) is 0 Å². The predicted octanol–water partition coefficient (Wildman–Crippen LogP) is -1.86. The molecule has 3 N–H and O–H groups in total. The van der Waals surface area contributed by atoms with E-state index in [2.05, 4.69) is 19.9 Å². The summed E-state index contributed by atoms with van der Waals surface area (Å²) < 4.78 is 12.8. The molecule has 2 saturated heterocycles. The fraction of sp³-hybridized carbons (Fsp3) is 0.571. The van der Waals surface area contributed by atoms with Gasteiger partial charge in [-0.3, -0.25) is 14.3 Å². The number of aliphatic imine (C=N–C) groups is 1. The largest absolute Gasteiger partial charge is 0.394 e. The Hall–Kier alpha value is -2.34. The molecule has 25 heavy (non-hydrogen) atoms. The Bertz CT molecular complexity index is 891. The van der Waals surface area contributed by atoms with Gasteiger partial charge < -0.3 is 24.6 Å². The monoisotopic (exact) mass is 350 g/mol. The first-order valence-corrected chi connectivity index (χ1v) is 7.73. The second kappa shape index (κ2) is 5.59. The molecule has 0 radical (unpaired) electrons. The summed E-state index contributed by atoms with van der Waals surface area (Å²) in [6.45, 7) is -0.191. The van der Waals surface area contributed by atoms with Crippen LogP contribution >= 0.6 is 0 Å². The van der Waals surface area contributed by atoms with Crippen molar-refractivity contribution in [2.75, 3.05) is 27.3 Å². The summed E-state index contributed by atoms with van der Waals surface area (Å²) in [5, 5.41) is 19.6. The van der Waals surface area contributed by atoms with Crippen LogP contribution in [0.15, 0.2) is 16.1 Å². The summed E-state index contributed by atoms with van der Waals surface area (Å²) in [7, 11) is 3.59. The van der Waals surface area contributed by atoms with Gasteiger partial charge in [-0.1, -0.05) is 0 Å². The van der Waals surface area contributed by atoms with Gasteiger partial charge in [0, 0.05) is 14.1 Å². The van der Waals surface area contributed by atoms with E-state index in [0.717, 1.165) is 0 Å². The Kier molecular flexibility index (Phi) is 3.61. The highest BCUT2D eigenvalue weighted by atomic mass is 16.7. The van der Waals surface area contributed by atoms with Gasteiger partial charge in [-0.25, -0.2) is 9.98 Å². The topological polar surface area (TPSA) is 138 Å². The molecule has 0 unspecified atom stereocenters. The highest BCUT2D eigenvalue weighted by molar-refractivity contribution is 5.71. The van der Waals surface area contributed by atoms with Crippen LogP contribution in [0.25, 0.3) is 11.2 Å². The van der Waals surface area contributed by atoms with Crippen molar-refractivity contribution in [3.05, 3.63) is 16.7 Å². The van der Waals surface area contributed by atoms with Crippen LogP contribution in [0.3, 0.4) is 0 Å². The number of H-pyrrole nitrogens is 1. The first-order chi connectivity index (χ1) is 12.0. The molecule has 134 valence electrons. The number of fused-ring (bicyclic) bond motifs is 2. The Labute approximate surface area is 141 Å². The molecule has 0 saturated carbocycles. The summed E-state index contributed by atoms with van der Waals surface area (Å²) in [6.07, 6.45) is 0.504. The molecule has 0 spiro atoms. The Balaban J connectivity index is 1.82. The lowest BCUT2D eigenvalue weighted by Crippen LogP contribution is -2.59. The quantitative estimate of drug-likeness (QED) is 0.431. The zero-order valence-electron chi connectivity index (χ0n) is 13.7. The number of aromatic amines is 1. The smallest absolute Gasteiger partial charge is 0.280 e. The molecule has 4 heterocycles. The van der Waals surface area contributed by atoms with Gasteiger partial charge in [0.1, 0.15) is 18.3 Å². The number of ether oxygens (including phenoxy) is 2. The molecule has 11 heteroatoms. The van der Waals surface area contributed by atoms with Crippen LogP contribution in [0.5, 0.6) is 0 Å². The van der Waals surface area contributed by atoms with Gasteiger partial charge in [-0.2, -0.15) is 4.98 Å². The van der Waals surface area contributed by atoms with Crippen LogP contribution in [0, 0.1) is 0 Å². The first-order valence-electron chi connectivity index (χ1n) is 7.73. The molecule has 2 fully saturated rings. The van der Waals surface area contributed by atoms with Crippen molar-refractivity contribution in [3.63, 3.8) is 0 Å². The number of rotatable bonds is 4. The van der Waals surface area contributed by atoms with E-state index in [1.54, 1.807) is 23.6 Å². The lowest BCUT2D eigenvalue weighted by atomic mass is 9.98. The van der Waals surface area contributed by atoms with E-state index in [4.69, 9.17) is 9.47 Å². The molecule has 0 bridgehead atoms. The van der Waals surface area contributed by atoms with Crippen LogP contribution in [0.2, 0.25) is 0 Å². The van der Waals surface area contributed by atoms with Gasteiger partial charge in [-0.15, -0.1) is 0 Å². The average Bonchev–Trinajstić information content (AvgIpc) is 3.04. The van der Waals surface area contributed by atoms with Crippen LogP contribution < -0.4 is 5.56 Å². The van der Waals surface area contributed by atoms with Gasteiger partial charge in [0.05, 0.1) is 25.9 Å². The highest BCUT2D eigenvalue weighted by Gasteiger charge is 2.64. The second-order valence-corrected chi connectivity index (χ2v) is 6.29. The second-order valence-electron chi connectivity index (χ2n) is 6.29. The zero-order chi connectivity index (χ0) is 17.8. The molecule has 2 aromatic rings. The molecule has 2 aliphatic heterocycles. The minimum Gasteiger partial charge on any atom is -0.394 e. The standard InChI is InChI=1S/C14H18N6O5/c1-19(2)5-16-13-17-11-8(12(23)18-13)15-6-20(11)14-4-24-10(14)9(22)7(3-21)25-14/h5-7,9-10,21-22H,3-4H2,1-2H3,(H,17,18,23)/b16-5+/t7-,9-,10-,14-/m1/s1. The molecule has 0 aliphatic carbocycles. The lowest BCUT2D eigenvalue weighted by Gasteiger charge is -2.44. The summed E-state index contributed by atoms with van der Waals surface area (Å²) in [5.74, 6) is 0.124. The normalized spacial score (nSPS) is 31.4. The van der Waals surface area contributed by atoms with E-state index in [-0.39, 0.29) is 30.3 Å². The van der Waals surface area contributed by atoms with E-state index < -0.39 is 29.6 Å². The fourth-order valence-electron chi connectivity index (χ4n) is 3.13. The minimum absolute atomic E-state index is 0.124. The van der Waals surface area contributed by atoms with Crippen molar-refractivity contribution < 1.29 is 19.7 Å². The predicted molar refractivity (Wildman–Crippen MR) is 85.7 cm³/mol. The zero-order valence-corrected chi connectivity index (χ0v) is 13.7. The fourth-order valence-corrected chi connectivity index (χ4v) is 3.13. The molecule has 2 aliphatic rings. The minimum atomic E-state index is -1.05. The Morgan fingerprint density at radius 1 is 1.60 bits per heavy atom. The molecule has 11 nitrogen and oxygen atoms in total. The summed E-state index contributed by atoms with van der Waals surface area (Å²) in [4.78, 5) is 29.0. The summed E-state index contributed by atoms with van der Waals surface area (Å²) in [5.41, 5.74) is -1.08. The van der Waals surface area contributed by atoms with Gasteiger partial charge in [0.2, 0.25) is 5.95 Å². The average molecular weight is 350 g/mol. The lowest BCUT2D eigenvalue weighted by molar-refractivity contribution is -0.275. The number of aromatic nitrogens is 4. The van der Waals surface area contributed by atoms with Crippen molar-refractivity contribution in [2.45, 2.75) is 24.0 Å². The molecule has 0 aromatic carbocycles. The molecule has 2 aromatic heterocycles. The summed E-state index contributed by atoms with van der Waals surface area (Å²) >= 11 is 0. The number of hydrogen-bond acceptors (Lipinski definition) is 8. The number of imidazole rings is 1. The Morgan fingerprint density at radius 3 is 3.04 bits per heavy atom. The molecular formula is C14H18N6O5. The maximum Gasteiger partial charge on any atom is 0.280 e. The van der Waals surface area contributed by atoms with Crippen LogP contribution in [-0.2, 0) is 15.2 Å². The maximum absolute atomic E-state index is 12.2. The number of nitrogens with zero attached hydrogens (tertiary/aromatic N) is 5. The third-order valence-electron chi connectivity index (χ3n) is 4.35. The number of hydrogen-bond donors (Lipinski definition) is 3. The van der Waals surface area contributed by atoms with E-state index in [0.29, 0.717) is 0 Å². The molecule has 4 rings (SSSR count). The van der Waals surface area contributed by atoms with Gasteiger partial charge >= 0.3 is 0 Å². The van der Waals surface area contributed by atoms with Crippen molar-refractivity contribution in [2.24, 2.45) is 4.99 Å². The van der Waals surface area contributed by atoms with Gasteiger partial charge in [-0.05, 0) is 0 Å². The van der Waals surface area contributed by atoms with Gasteiger partial charge in [0.25, 0.3) is 5.56 Å². The first kappa shape index (κ1) is 16.1.